The highest BCUT2D eigenvalue weighted by Crippen LogP contribution is 2.07. The molecule has 0 aliphatic carbocycles. The predicted octanol–water partition coefficient (Wildman–Crippen LogP) is -0.468. The van der Waals surface area contributed by atoms with E-state index in [1.54, 1.807) is 0 Å². The molecule has 1 aliphatic rings. The lowest BCUT2D eigenvalue weighted by Crippen LogP contribution is -2.48. The van der Waals surface area contributed by atoms with Crippen LogP contribution in [0.25, 0.3) is 0 Å². The van der Waals surface area contributed by atoms with Crippen LogP contribution in [-0.2, 0) is 9.63 Å². The van der Waals surface area contributed by atoms with Gasteiger partial charge in [0.1, 0.15) is 0 Å². The molecule has 3 atom stereocenters. The summed E-state index contributed by atoms with van der Waals surface area (Å²) in [6, 6.07) is 1.69. The second-order valence-corrected chi connectivity index (χ2v) is 3.25. The first-order chi connectivity index (χ1) is 7.13. The van der Waals surface area contributed by atoms with E-state index in [1.807, 2.05) is 0 Å². The Balaban J connectivity index is 2.19. The van der Waals surface area contributed by atoms with Gasteiger partial charge in [-0.2, -0.15) is 10.7 Å². The van der Waals surface area contributed by atoms with Crippen molar-refractivity contribution in [1.29, 1.82) is 5.26 Å². The van der Waals surface area contributed by atoms with Crippen molar-refractivity contribution < 1.29 is 19.1 Å². The van der Waals surface area contributed by atoms with Crippen molar-refractivity contribution in [3.8, 4) is 6.07 Å². The van der Waals surface area contributed by atoms with E-state index < -0.39 is 12.3 Å². The molecule has 84 valence electrons. The molecule has 7 heteroatoms. The summed E-state index contributed by atoms with van der Waals surface area (Å²) >= 11 is 0. The van der Waals surface area contributed by atoms with Gasteiger partial charge < -0.3 is 10.4 Å². The van der Waals surface area contributed by atoms with Gasteiger partial charge in [0.15, 0.2) is 0 Å². The third kappa shape index (κ3) is 3.79. The number of piperidine rings is 1. The molecule has 1 fully saturated rings. The number of carboxylic acid groups (broad SMARTS) is 1. The molecule has 3 N–H and O–H groups in total. The molecule has 0 amide bonds. The molecule has 0 aromatic heterocycles. The Bertz CT molecular complexity index is 260. The summed E-state index contributed by atoms with van der Waals surface area (Å²) in [5, 5.41) is 19.7. The Hall–Kier alpha value is -1.23. The monoisotopic (exact) mass is 217 g/mol. The molecule has 0 aromatic carbocycles. The maximum Gasteiger partial charge on any atom is 0.367 e. The number of hydroxylamine groups is 1. The quantitative estimate of drug-likeness (QED) is 0.551. The molecular formula is C8H12FN3O3. The normalized spacial score (nSPS) is 28.0. The summed E-state index contributed by atoms with van der Waals surface area (Å²) in [6.07, 6.45) is -1.10. The SMILES string of the molecule is N#C[C@@H]1CC[C@@H](NOC(F)C(=O)O)CN1. The third-order valence-corrected chi connectivity index (χ3v) is 2.10. The lowest BCUT2D eigenvalue weighted by Gasteiger charge is -2.26. The van der Waals surface area contributed by atoms with Gasteiger partial charge in [-0.05, 0) is 12.8 Å². The standard InChI is InChI=1S/C8H12FN3O3/c9-7(8(13)14)15-12-6-2-1-5(3-10)11-4-6/h5-7,11-12H,1-2,4H2,(H,13,14)/t5-,6+,7?/m0/s1. The van der Waals surface area contributed by atoms with Gasteiger partial charge in [-0.15, -0.1) is 0 Å². The fraction of sp³-hybridized carbons (Fsp3) is 0.750. The predicted molar refractivity (Wildman–Crippen MR) is 47.2 cm³/mol. The van der Waals surface area contributed by atoms with E-state index >= 15 is 0 Å². The Morgan fingerprint density at radius 1 is 1.73 bits per heavy atom. The molecule has 6 nitrogen and oxygen atoms in total. The van der Waals surface area contributed by atoms with Gasteiger partial charge >= 0.3 is 12.3 Å². The van der Waals surface area contributed by atoms with Crippen molar-refractivity contribution >= 4 is 5.97 Å². The van der Waals surface area contributed by atoms with Crippen LogP contribution in [0.4, 0.5) is 4.39 Å². The summed E-state index contributed by atoms with van der Waals surface area (Å²) in [4.78, 5) is 14.3. The number of hydrogen-bond acceptors (Lipinski definition) is 5. The number of halogens is 1. The number of alkyl halides is 1. The van der Waals surface area contributed by atoms with Gasteiger partial charge in [-0.25, -0.2) is 9.18 Å². The van der Waals surface area contributed by atoms with Crippen LogP contribution < -0.4 is 10.8 Å². The zero-order chi connectivity index (χ0) is 11.3. The average Bonchev–Trinajstić information content (AvgIpc) is 2.26. The number of carboxylic acids is 1. The van der Waals surface area contributed by atoms with Crippen molar-refractivity contribution in [2.24, 2.45) is 0 Å². The highest BCUT2D eigenvalue weighted by Gasteiger charge is 2.23. The number of hydrogen-bond donors (Lipinski definition) is 3. The van der Waals surface area contributed by atoms with Gasteiger partial charge in [-0.1, -0.05) is 0 Å². The molecule has 0 aromatic rings. The summed E-state index contributed by atoms with van der Waals surface area (Å²) in [7, 11) is 0. The van der Waals surface area contributed by atoms with Crippen molar-refractivity contribution in [2.75, 3.05) is 6.54 Å². The van der Waals surface area contributed by atoms with Crippen LogP contribution in [0.5, 0.6) is 0 Å². The van der Waals surface area contributed by atoms with Crippen molar-refractivity contribution in [2.45, 2.75) is 31.3 Å². The molecular weight excluding hydrogens is 205 g/mol. The average molecular weight is 217 g/mol. The summed E-state index contributed by atoms with van der Waals surface area (Å²) in [6.45, 7) is 0.449. The molecule has 1 saturated heterocycles. The van der Waals surface area contributed by atoms with E-state index in [4.69, 9.17) is 10.4 Å². The zero-order valence-electron chi connectivity index (χ0n) is 7.94. The van der Waals surface area contributed by atoms with E-state index in [9.17, 15) is 9.18 Å². The minimum absolute atomic E-state index is 0.174. The molecule has 1 unspecified atom stereocenters. The van der Waals surface area contributed by atoms with Crippen LogP contribution >= 0.6 is 0 Å². The molecule has 1 heterocycles. The molecule has 0 bridgehead atoms. The second kappa shape index (κ2) is 5.60. The first-order valence-corrected chi connectivity index (χ1v) is 4.54. The van der Waals surface area contributed by atoms with Gasteiger partial charge in [0, 0.05) is 12.6 Å². The molecule has 0 saturated carbocycles. The summed E-state index contributed by atoms with van der Waals surface area (Å²) in [5.74, 6) is -1.67. The van der Waals surface area contributed by atoms with Crippen LogP contribution in [0, 0.1) is 11.3 Å². The lowest BCUT2D eigenvalue weighted by atomic mass is 10.0. The van der Waals surface area contributed by atoms with Crippen LogP contribution in [0.2, 0.25) is 0 Å². The number of rotatable bonds is 4. The Morgan fingerprint density at radius 2 is 2.47 bits per heavy atom. The summed E-state index contributed by atoms with van der Waals surface area (Å²) in [5.41, 5.74) is 2.32. The lowest BCUT2D eigenvalue weighted by molar-refractivity contribution is -0.176. The number of nitrogens with one attached hydrogen (secondary N) is 2. The van der Waals surface area contributed by atoms with Gasteiger partial charge in [-0.3, -0.25) is 4.84 Å². The second-order valence-electron chi connectivity index (χ2n) is 3.25. The van der Waals surface area contributed by atoms with Crippen molar-refractivity contribution in [3.05, 3.63) is 0 Å². The fourth-order valence-electron chi connectivity index (χ4n) is 1.27. The first kappa shape index (κ1) is 11.8. The Morgan fingerprint density at radius 3 is 2.93 bits per heavy atom. The molecule has 15 heavy (non-hydrogen) atoms. The molecule has 0 spiro atoms. The number of carbonyl (C=O) groups is 1. The Labute approximate surface area is 86.0 Å². The molecule has 1 rings (SSSR count). The van der Waals surface area contributed by atoms with E-state index in [2.05, 4.69) is 21.7 Å². The minimum Gasteiger partial charge on any atom is -0.477 e. The minimum atomic E-state index is -2.36. The molecule has 1 aliphatic heterocycles. The number of nitriles is 1. The van der Waals surface area contributed by atoms with Crippen LogP contribution in [-0.4, -0.2) is 36.1 Å². The topological polar surface area (TPSA) is 94.4 Å². The van der Waals surface area contributed by atoms with Crippen LogP contribution in [0.1, 0.15) is 12.8 Å². The number of aliphatic carboxylic acids is 1. The van der Waals surface area contributed by atoms with E-state index in [1.165, 1.54) is 0 Å². The molecule has 0 radical (unpaired) electrons. The maximum atomic E-state index is 12.5. The van der Waals surface area contributed by atoms with Gasteiger partial charge in [0.05, 0.1) is 12.1 Å². The van der Waals surface area contributed by atoms with E-state index in [-0.39, 0.29) is 12.1 Å². The van der Waals surface area contributed by atoms with Gasteiger partial charge in [0.25, 0.3) is 0 Å². The first-order valence-electron chi connectivity index (χ1n) is 4.54. The zero-order valence-corrected chi connectivity index (χ0v) is 7.94. The highest BCUT2D eigenvalue weighted by molar-refractivity contribution is 5.70. The Kier molecular flexibility index (Phi) is 4.42. The highest BCUT2D eigenvalue weighted by atomic mass is 19.1. The summed E-state index contributed by atoms with van der Waals surface area (Å²) < 4.78 is 12.5. The van der Waals surface area contributed by atoms with E-state index in [0.29, 0.717) is 19.4 Å². The van der Waals surface area contributed by atoms with Crippen LogP contribution in [0.3, 0.4) is 0 Å². The third-order valence-electron chi connectivity index (χ3n) is 2.10. The van der Waals surface area contributed by atoms with Crippen molar-refractivity contribution in [3.63, 3.8) is 0 Å². The van der Waals surface area contributed by atoms with E-state index in [0.717, 1.165) is 0 Å². The maximum absolute atomic E-state index is 12.5. The smallest absolute Gasteiger partial charge is 0.367 e. The largest absolute Gasteiger partial charge is 0.477 e. The number of nitrogens with zero attached hydrogens (tertiary/aromatic N) is 1. The van der Waals surface area contributed by atoms with Crippen molar-refractivity contribution in [1.82, 2.24) is 10.8 Å². The van der Waals surface area contributed by atoms with Crippen LogP contribution in [0.15, 0.2) is 0 Å². The fourth-order valence-corrected chi connectivity index (χ4v) is 1.27. The van der Waals surface area contributed by atoms with Gasteiger partial charge in [0.2, 0.25) is 0 Å².